The van der Waals surface area contributed by atoms with Gasteiger partial charge >= 0.3 is 0 Å². The summed E-state index contributed by atoms with van der Waals surface area (Å²) in [6.07, 6.45) is 3.83. The van der Waals surface area contributed by atoms with Gasteiger partial charge in [-0.2, -0.15) is 0 Å². The van der Waals surface area contributed by atoms with Crippen molar-refractivity contribution in [1.82, 2.24) is 9.97 Å². The minimum Gasteiger partial charge on any atom is -0.344 e. The fourth-order valence-electron chi connectivity index (χ4n) is 2.09. The van der Waals surface area contributed by atoms with Gasteiger partial charge in [-0.1, -0.05) is 42.5 Å². The van der Waals surface area contributed by atoms with Gasteiger partial charge in [0.2, 0.25) is 0 Å². The number of thioether (sulfide) groups is 1. The summed E-state index contributed by atoms with van der Waals surface area (Å²) < 4.78 is 0. The number of nitrogens with zero attached hydrogens (tertiary/aromatic N) is 1. The number of rotatable bonds is 3. The van der Waals surface area contributed by atoms with E-state index in [9.17, 15) is 0 Å². The molecule has 0 aliphatic rings. The summed E-state index contributed by atoms with van der Waals surface area (Å²) in [6.45, 7) is 0. The summed E-state index contributed by atoms with van der Waals surface area (Å²) in [5, 5.41) is 0. The summed E-state index contributed by atoms with van der Waals surface area (Å²) in [7, 11) is 0. The molecule has 1 N–H and O–H groups in total. The maximum Gasteiger partial charge on any atom is 0.0960 e. The summed E-state index contributed by atoms with van der Waals surface area (Å²) in [5.74, 6) is 0. The minimum absolute atomic E-state index is 0.998. The summed E-state index contributed by atoms with van der Waals surface area (Å²) >= 11 is 1.75. The highest BCUT2D eigenvalue weighted by molar-refractivity contribution is 7.98. The average molecular weight is 266 g/mol. The fraction of sp³-hybridized carbons (Fsp3) is 0.0625. The Morgan fingerprint density at radius 3 is 2.32 bits per heavy atom. The van der Waals surface area contributed by atoms with Crippen LogP contribution < -0.4 is 0 Å². The molecule has 0 fully saturated rings. The molecule has 94 valence electrons. The van der Waals surface area contributed by atoms with Crippen molar-refractivity contribution in [1.29, 1.82) is 0 Å². The Morgan fingerprint density at radius 1 is 0.895 bits per heavy atom. The van der Waals surface area contributed by atoms with Gasteiger partial charge in [0.05, 0.1) is 17.7 Å². The van der Waals surface area contributed by atoms with Crippen molar-refractivity contribution in [3.63, 3.8) is 0 Å². The zero-order valence-corrected chi connectivity index (χ0v) is 11.4. The molecule has 0 aliphatic heterocycles. The van der Waals surface area contributed by atoms with Crippen LogP contribution in [0.1, 0.15) is 0 Å². The van der Waals surface area contributed by atoms with Gasteiger partial charge < -0.3 is 4.98 Å². The van der Waals surface area contributed by atoms with Crippen LogP contribution in [0.2, 0.25) is 0 Å². The van der Waals surface area contributed by atoms with Crippen molar-refractivity contribution in [3.05, 3.63) is 60.9 Å². The van der Waals surface area contributed by atoms with Gasteiger partial charge in [-0.3, -0.25) is 0 Å². The molecule has 0 aliphatic carbocycles. The summed E-state index contributed by atoms with van der Waals surface area (Å²) in [6, 6.07) is 18.8. The molecule has 0 atom stereocenters. The molecule has 19 heavy (non-hydrogen) atoms. The Hall–Kier alpha value is -2.00. The first kappa shape index (κ1) is 12.1. The Bertz CT molecular complexity index is 657. The second-order valence-corrected chi connectivity index (χ2v) is 5.10. The zero-order chi connectivity index (χ0) is 13.1. The van der Waals surface area contributed by atoms with Crippen LogP contribution in [0, 0.1) is 0 Å². The lowest BCUT2D eigenvalue weighted by atomic mass is 10.1. The van der Waals surface area contributed by atoms with Crippen molar-refractivity contribution >= 4 is 11.8 Å². The first-order valence-corrected chi connectivity index (χ1v) is 7.34. The largest absolute Gasteiger partial charge is 0.344 e. The SMILES string of the molecule is CSc1ccc(-c2[nH]cnc2-c2ccccc2)cc1. The lowest BCUT2D eigenvalue weighted by Crippen LogP contribution is -1.83. The van der Waals surface area contributed by atoms with Gasteiger partial charge in [-0.25, -0.2) is 4.98 Å². The van der Waals surface area contributed by atoms with Gasteiger partial charge in [0, 0.05) is 16.0 Å². The maximum absolute atomic E-state index is 4.44. The normalized spacial score (nSPS) is 10.6. The van der Waals surface area contributed by atoms with E-state index in [1.165, 1.54) is 4.90 Å². The van der Waals surface area contributed by atoms with Crippen molar-refractivity contribution in [3.8, 4) is 22.5 Å². The molecule has 0 radical (unpaired) electrons. The quantitative estimate of drug-likeness (QED) is 0.709. The van der Waals surface area contributed by atoms with Gasteiger partial charge in [0.1, 0.15) is 0 Å². The number of H-pyrrole nitrogens is 1. The fourth-order valence-corrected chi connectivity index (χ4v) is 2.50. The third-order valence-corrected chi connectivity index (χ3v) is 3.81. The molecule has 0 spiro atoms. The van der Waals surface area contributed by atoms with E-state index in [-0.39, 0.29) is 0 Å². The van der Waals surface area contributed by atoms with E-state index in [1.54, 1.807) is 18.1 Å². The van der Waals surface area contributed by atoms with Crippen LogP contribution in [0.25, 0.3) is 22.5 Å². The molecular formula is C16H14N2S. The topological polar surface area (TPSA) is 28.7 Å². The highest BCUT2D eigenvalue weighted by atomic mass is 32.2. The molecule has 0 saturated heterocycles. The van der Waals surface area contributed by atoms with E-state index < -0.39 is 0 Å². The monoisotopic (exact) mass is 266 g/mol. The molecule has 0 amide bonds. The smallest absolute Gasteiger partial charge is 0.0960 e. The van der Waals surface area contributed by atoms with Crippen molar-refractivity contribution in [2.75, 3.05) is 6.26 Å². The van der Waals surface area contributed by atoms with Crippen LogP contribution in [-0.2, 0) is 0 Å². The second kappa shape index (κ2) is 5.33. The van der Waals surface area contributed by atoms with Gasteiger partial charge in [0.15, 0.2) is 0 Å². The molecule has 2 nitrogen and oxygen atoms in total. The zero-order valence-electron chi connectivity index (χ0n) is 10.6. The molecule has 1 aromatic heterocycles. The van der Waals surface area contributed by atoms with Crippen LogP contribution in [0.5, 0.6) is 0 Å². The predicted octanol–water partition coefficient (Wildman–Crippen LogP) is 4.47. The lowest BCUT2D eigenvalue weighted by Gasteiger charge is -2.04. The molecule has 0 bridgehead atoms. The van der Waals surface area contributed by atoms with Crippen molar-refractivity contribution in [2.24, 2.45) is 0 Å². The van der Waals surface area contributed by atoms with Crippen molar-refractivity contribution in [2.45, 2.75) is 4.90 Å². The number of aromatic nitrogens is 2. The Morgan fingerprint density at radius 2 is 1.63 bits per heavy atom. The Kier molecular flexibility index (Phi) is 3.38. The highest BCUT2D eigenvalue weighted by Gasteiger charge is 2.09. The average Bonchev–Trinajstić information content (AvgIpc) is 2.98. The number of hydrogen-bond acceptors (Lipinski definition) is 2. The van der Waals surface area contributed by atoms with Gasteiger partial charge in [-0.05, 0) is 18.4 Å². The summed E-state index contributed by atoms with van der Waals surface area (Å²) in [4.78, 5) is 8.95. The Balaban J connectivity index is 2.04. The van der Waals surface area contributed by atoms with Gasteiger partial charge in [-0.15, -0.1) is 11.8 Å². The number of aromatic amines is 1. The third-order valence-electron chi connectivity index (χ3n) is 3.07. The van der Waals surface area contributed by atoms with E-state index in [2.05, 4.69) is 52.6 Å². The molecule has 3 aromatic rings. The Labute approximate surface area is 116 Å². The first-order chi connectivity index (χ1) is 9.38. The molecular weight excluding hydrogens is 252 g/mol. The van der Waals surface area contributed by atoms with E-state index in [0.717, 1.165) is 22.5 Å². The predicted molar refractivity (Wildman–Crippen MR) is 81.2 cm³/mol. The maximum atomic E-state index is 4.44. The van der Waals surface area contributed by atoms with E-state index in [0.29, 0.717) is 0 Å². The molecule has 3 heteroatoms. The number of nitrogens with one attached hydrogen (secondary N) is 1. The van der Waals surface area contributed by atoms with Crippen LogP contribution in [0.3, 0.4) is 0 Å². The van der Waals surface area contributed by atoms with E-state index in [4.69, 9.17) is 0 Å². The van der Waals surface area contributed by atoms with Gasteiger partial charge in [0.25, 0.3) is 0 Å². The van der Waals surface area contributed by atoms with E-state index in [1.807, 2.05) is 18.2 Å². The first-order valence-electron chi connectivity index (χ1n) is 6.11. The van der Waals surface area contributed by atoms with Crippen molar-refractivity contribution < 1.29 is 0 Å². The summed E-state index contributed by atoms with van der Waals surface area (Å²) in [5.41, 5.74) is 4.36. The van der Waals surface area contributed by atoms with Crippen LogP contribution in [-0.4, -0.2) is 16.2 Å². The molecule has 3 rings (SSSR count). The van der Waals surface area contributed by atoms with Crippen LogP contribution >= 0.6 is 11.8 Å². The number of imidazole rings is 1. The second-order valence-electron chi connectivity index (χ2n) is 4.22. The number of benzene rings is 2. The third kappa shape index (κ3) is 2.42. The van der Waals surface area contributed by atoms with E-state index >= 15 is 0 Å². The molecule has 2 aromatic carbocycles. The molecule has 0 saturated carbocycles. The highest BCUT2D eigenvalue weighted by Crippen LogP contribution is 2.29. The number of hydrogen-bond donors (Lipinski definition) is 1. The molecule has 1 heterocycles. The van der Waals surface area contributed by atoms with Crippen LogP contribution in [0.15, 0.2) is 65.8 Å². The standard InChI is InChI=1S/C16H14N2S/c1-19-14-9-7-13(8-10-14)16-15(17-11-18-16)12-5-3-2-4-6-12/h2-11H,1H3,(H,17,18). The minimum atomic E-state index is 0.998. The lowest BCUT2D eigenvalue weighted by molar-refractivity contribution is 1.31. The molecule has 0 unspecified atom stereocenters. The van der Waals surface area contributed by atoms with Crippen LogP contribution in [0.4, 0.5) is 0 Å².